The average Bonchev–Trinajstić information content (AvgIpc) is 3.32. The molecule has 8 nitrogen and oxygen atoms in total. The zero-order valence-corrected chi connectivity index (χ0v) is 27.0. The number of ether oxygens (including phenoxy) is 5. The molecule has 2 aliphatic heterocycles. The number of carbonyl (C=O) groups is 1. The van der Waals surface area contributed by atoms with E-state index in [1.165, 1.54) is 18.2 Å². The van der Waals surface area contributed by atoms with Gasteiger partial charge in [-0.05, 0) is 75.9 Å². The number of benzene rings is 3. The fourth-order valence-corrected chi connectivity index (χ4v) is 6.11. The number of hydrogen-bond acceptors (Lipinski definition) is 8. The Kier molecular flexibility index (Phi) is 11.9. The Bertz CT molecular complexity index is 1250. The molecule has 0 aliphatic carbocycles. The van der Waals surface area contributed by atoms with Crippen molar-refractivity contribution in [1.82, 2.24) is 9.80 Å². The zero-order chi connectivity index (χ0) is 31.5. The first-order valence-corrected chi connectivity index (χ1v) is 16.2. The van der Waals surface area contributed by atoms with Gasteiger partial charge in [-0.3, -0.25) is 9.80 Å². The zero-order valence-electron chi connectivity index (χ0n) is 27.0. The second-order valence-corrected chi connectivity index (χ2v) is 12.4. The molecular weight excluding hydrogens is 568 g/mol. The molecule has 5 rings (SSSR count). The van der Waals surface area contributed by atoms with Crippen LogP contribution >= 0.6 is 0 Å². The Morgan fingerprint density at radius 2 is 1.20 bits per heavy atom. The van der Waals surface area contributed by atoms with E-state index in [2.05, 4.69) is 70.5 Å². The van der Waals surface area contributed by atoms with Gasteiger partial charge in [-0.25, -0.2) is 4.79 Å². The number of hydrogen-bond donors (Lipinski definition) is 0. The van der Waals surface area contributed by atoms with Gasteiger partial charge >= 0.3 is 5.97 Å². The van der Waals surface area contributed by atoms with Crippen LogP contribution in [0.3, 0.4) is 0 Å². The van der Waals surface area contributed by atoms with E-state index in [0.29, 0.717) is 30.3 Å². The first-order valence-electron chi connectivity index (χ1n) is 16.2. The minimum Gasteiger partial charge on any atom is -0.493 e. The minimum absolute atomic E-state index is 0.0538. The van der Waals surface area contributed by atoms with Crippen molar-refractivity contribution in [3.8, 4) is 11.5 Å². The summed E-state index contributed by atoms with van der Waals surface area (Å²) < 4.78 is 30.3. The number of carbonyl (C=O) groups excluding carboxylic acids is 1. The maximum atomic E-state index is 12.4. The van der Waals surface area contributed by atoms with Crippen LogP contribution in [0.1, 0.15) is 61.0 Å². The quantitative estimate of drug-likeness (QED) is 0.308. The molecule has 2 atom stereocenters. The van der Waals surface area contributed by atoms with Crippen LogP contribution in [0.5, 0.6) is 11.5 Å². The van der Waals surface area contributed by atoms with E-state index in [1.54, 1.807) is 12.1 Å². The molecular formula is C37H48N2O6. The van der Waals surface area contributed by atoms with Crippen molar-refractivity contribution in [2.75, 3.05) is 46.5 Å². The van der Waals surface area contributed by atoms with Gasteiger partial charge in [0.15, 0.2) is 5.79 Å². The van der Waals surface area contributed by atoms with Gasteiger partial charge in [0.25, 0.3) is 0 Å². The average molecular weight is 617 g/mol. The van der Waals surface area contributed by atoms with Gasteiger partial charge in [0, 0.05) is 32.2 Å². The molecule has 0 unspecified atom stereocenters. The molecule has 45 heavy (non-hydrogen) atoms. The van der Waals surface area contributed by atoms with Crippen LogP contribution < -0.4 is 9.47 Å². The van der Waals surface area contributed by atoms with E-state index >= 15 is 0 Å². The van der Waals surface area contributed by atoms with Gasteiger partial charge in [0.2, 0.25) is 0 Å². The molecule has 2 bridgehead atoms. The molecule has 8 heteroatoms. The summed E-state index contributed by atoms with van der Waals surface area (Å²) in [6.45, 7) is 10.2. The van der Waals surface area contributed by atoms with Crippen LogP contribution in [0, 0.1) is 0 Å². The van der Waals surface area contributed by atoms with Crippen molar-refractivity contribution in [1.29, 1.82) is 0 Å². The molecule has 3 aromatic rings. The third kappa shape index (κ3) is 10.3. The molecule has 3 aromatic carbocycles. The fraction of sp³-hybridized carbons (Fsp3) is 0.486. The molecule has 0 radical (unpaired) electrons. The fourth-order valence-electron chi connectivity index (χ4n) is 6.11. The van der Waals surface area contributed by atoms with Crippen LogP contribution in [-0.2, 0) is 27.3 Å². The van der Waals surface area contributed by atoms with E-state index in [1.807, 2.05) is 19.9 Å². The Hall–Kier alpha value is -3.43. The van der Waals surface area contributed by atoms with Crippen LogP contribution in [0.15, 0.2) is 78.9 Å². The summed E-state index contributed by atoms with van der Waals surface area (Å²) in [5.41, 5.74) is 2.98. The topological polar surface area (TPSA) is 69.7 Å². The molecule has 0 spiro atoms. The standard InChI is InChI=1S/C37H48N2O6/c1-37(2)44-34-27-38(25-29-14-6-4-7-15-29)18-10-12-20-42-32-22-31(36(40)41-3)23-33(24-32)43-21-13-11-19-39(28-35(34)45-37)26-30-16-8-5-9-17-30/h4-9,14-17,22-24,34-35H,10-13,18-21,25-28H2,1-3H3/t34-,35-/m0/s1. The lowest BCUT2D eigenvalue weighted by molar-refractivity contribution is -0.149. The number of rotatable bonds is 5. The highest BCUT2D eigenvalue weighted by atomic mass is 16.8. The lowest BCUT2D eigenvalue weighted by Crippen LogP contribution is -2.43. The summed E-state index contributed by atoms with van der Waals surface area (Å²) in [5.74, 6) is 0.181. The summed E-state index contributed by atoms with van der Waals surface area (Å²) in [6.07, 6.45) is 3.53. The van der Waals surface area contributed by atoms with E-state index < -0.39 is 11.8 Å². The summed E-state index contributed by atoms with van der Waals surface area (Å²) in [5, 5.41) is 0. The molecule has 0 N–H and O–H groups in total. The second kappa shape index (κ2) is 16.2. The summed E-state index contributed by atoms with van der Waals surface area (Å²) in [7, 11) is 1.39. The highest BCUT2D eigenvalue weighted by Gasteiger charge is 2.42. The third-order valence-corrected chi connectivity index (χ3v) is 8.24. The number of methoxy groups -OCH3 is 1. The number of esters is 1. The number of nitrogens with zero attached hydrogens (tertiary/aromatic N) is 2. The predicted octanol–water partition coefficient (Wildman–Crippen LogP) is 6.33. The summed E-state index contributed by atoms with van der Waals surface area (Å²) in [6, 6.07) is 26.5. The lowest BCUT2D eigenvalue weighted by atomic mass is 10.1. The molecule has 1 saturated heterocycles. The summed E-state index contributed by atoms with van der Waals surface area (Å²) in [4.78, 5) is 17.3. The monoisotopic (exact) mass is 616 g/mol. The smallest absolute Gasteiger partial charge is 0.338 e. The molecule has 2 heterocycles. The van der Waals surface area contributed by atoms with Crippen molar-refractivity contribution in [3.63, 3.8) is 0 Å². The van der Waals surface area contributed by atoms with Gasteiger partial charge in [-0.1, -0.05) is 60.7 Å². The highest BCUT2D eigenvalue weighted by molar-refractivity contribution is 5.90. The van der Waals surface area contributed by atoms with Gasteiger partial charge in [-0.15, -0.1) is 0 Å². The minimum atomic E-state index is -0.638. The van der Waals surface area contributed by atoms with Gasteiger partial charge in [0.05, 0.1) is 25.9 Å². The molecule has 242 valence electrons. The predicted molar refractivity (Wildman–Crippen MR) is 175 cm³/mol. The number of fused-ring (bicyclic) bond motifs is 3. The van der Waals surface area contributed by atoms with E-state index in [-0.39, 0.29) is 12.2 Å². The lowest BCUT2D eigenvalue weighted by Gasteiger charge is -2.30. The van der Waals surface area contributed by atoms with Crippen LogP contribution in [0.25, 0.3) is 0 Å². The molecule has 0 aromatic heterocycles. The van der Waals surface area contributed by atoms with E-state index in [9.17, 15) is 4.79 Å². The summed E-state index contributed by atoms with van der Waals surface area (Å²) >= 11 is 0. The van der Waals surface area contributed by atoms with E-state index in [4.69, 9.17) is 23.7 Å². The Balaban J connectivity index is 1.36. The largest absolute Gasteiger partial charge is 0.493 e. The molecule has 0 amide bonds. The highest BCUT2D eigenvalue weighted by Crippen LogP contribution is 2.30. The first-order chi connectivity index (χ1) is 21.9. The van der Waals surface area contributed by atoms with Crippen molar-refractivity contribution >= 4 is 5.97 Å². The van der Waals surface area contributed by atoms with E-state index in [0.717, 1.165) is 65.0 Å². The molecule has 2 aliphatic rings. The van der Waals surface area contributed by atoms with Crippen molar-refractivity contribution in [3.05, 3.63) is 95.6 Å². The molecule has 0 saturated carbocycles. The third-order valence-electron chi connectivity index (χ3n) is 8.24. The first kappa shape index (κ1) is 32.9. The molecule has 1 fully saturated rings. The Morgan fingerprint density at radius 1 is 0.733 bits per heavy atom. The van der Waals surface area contributed by atoms with Crippen LogP contribution in [0.2, 0.25) is 0 Å². The Morgan fingerprint density at radius 3 is 1.64 bits per heavy atom. The second-order valence-electron chi connectivity index (χ2n) is 12.4. The maximum absolute atomic E-state index is 12.4. The van der Waals surface area contributed by atoms with Crippen molar-refractivity contribution < 1.29 is 28.5 Å². The SMILES string of the molecule is COC(=O)c1cc2cc(c1)OCCCCN(Cc1ccccc1)C[C@@H]1OC(C)(C)O[C@H]1CN(Cc1ccccc1)CCCCO2. The van der Waals surface area contributed by atoms with Crippen molar-refractivity contribution in [2.24, 2.45) is 0 Å². The van der Waals surface area contributed by atoms with Gasteiger partial charge in [-0.2, -0.15) is 0 Å². The van der Waals surface area contributed by atoms with Crippen LogP contribution in [0.4, 0.5) is 0 Å². The maximum Gasteiger partial charge on any atom is 0.338 e. The van der Waals surface area contributed by atoms with Gasteiger partial charge < -0.3 is 23.7 Å². The van der Waals surface area contributed by atoms with Crippen molar-refractivity contribution in [2.45, 2.75) is 70.6 Å². The normalized spacial score (nSPS) is 22.1. The van der Waals surface area contributed by atoms with Gasteiger partial charge in [0.1, 0.15) is 23.7 Å². The van der Waals surface area contributed by atoms with Crippen LogP contribution in [-0.4, -0.2) is 80.3 Å². The Labute approximate surface area is 268 Å².